The van der Waals surface area contributed by atoms with Gasteiger partial charge in [-0.1, -0.05) is 17.7 Å². The van der Waals surface area contributed by atoms with Gasteiger partial charge in [-0.2, -0.15) is 0 Å². The van der Waals surface area contributed by atoms with E-state index in [1.165, 1.54) is 0 Å². The Kier molecular flexibility index (Phi) is 3.71. The average molecular weight is 276 g/mol. The fourth-order valence-electron chi connectivity index (χ4n) is 1.65. The van der Waals surface area contributed by atoms with Gasteiger partial charge in [0.15, 0.2) is 0 Å². The van der Waals surface area contributed by atoms with Gasteiger partial charge in [0.2, 0.25) is 5.88 Å². The normalized spacial score (nSPS) is 10.3. The third-order valence-electron chi connectivity index (χ3n) is 2.54. The van der Waals surface area contributed by atoms with E-state index in [2.05, 4.69) is 4.98 Å². The van der Waals surface area contributed by atoms with Gasteiger partial charge in [-0.15, -0.1) is 0 Å². The van der Waals surface area contributed by atoms with Crippen LogP contribution in [0.3, 0.4) is 0 Å². The number of amidine groups is 1. The number of nitrogens with two attached hydrogens (primary N) is 1. The molecule has 19 heavy (non-hydrogen) atoms. The van der Waals surface area contributed by atoms with Crippen LogP contribution >= 0.6 is 11.6 Å². The van der Waals surface area contributed by atoms with Crippen LogP contribution in [-0.2, 0) is 0 Å². The van der Waals surface area contributed by atoms with Crippen molar-refractivity contribution in [3.05, 3.63) is 52.2 Å². The number of nitrogens with zero attached hydrogens (tertiary/aromatic N) is 1. The molecule has 0 aliphatic rings. The van der Waals surface area contributed by atoms with E-state index in [1.807, 2.05) is 26.0 Å². The lowest BCUT2D eigenvalue weighted by Crippen LogP contribution is -2.11. The first-order chi connectivity index (χ1) is 8.95. The molecule has 1 heterocycles. The summed E-state index contributed by atoms with van der Waals surface area (Å²) in [7, 11) is 0. The molecule has 5 heteroatoms. The highest BCUT2D eigenvalue weighted by Crippen LogP contribution is 2.29. The molecule has 0 radical (unpaired) electrons. The highest BCUT2D eigenvalue weighted by Gasteiger charge is 2.07. The molecule has 0 fully saturated rings. The van der Waals surface area contributed by atoms with Crippen molar-refractivity contribution in [3.8, 4) is 11.6 Å². The van der Waals surface area contributed by atoms with E-state index in [4.69, 9.17) is 27.5 Å². The minimum absolute atomic E-state index is 0.0225. The molecule has 0 saturated carbocycles. The Balaban J connectivity index is 2.38. The van der Waals surface area contributed by atoms with Crippen LogP contribution in [0.15, 0.2) is 30.3 Å². The van der Waals surface area contributed by atoms with Crippen LogP contribution in [0.1, 0.15) is 16.8 Å². The number of nitrogen functional groups attached to an aromatic ring is 1. The molecule has 0 bridgehead atoms. The number of aromatic nitrogens is 1. The first kappa shape index (κ1) is 13.4. The zero-order chi connectivity index (χ0) is 14.0. The van der Waals surface area contributed by atoms with Crippen molar-refractivity contribution >= 4 is 17.4 Å². The summed E-state index contributed by atoms with van der Waals surface area (Å²) in [5.74, 6) is 0.887. The number of pyridine rings is 1. The van der Waals surface area contributed by atoms with Crippen molar-refractivity contribution in [2.24, 2.45) is 5.73 Å². The van der Waals surface area contributed by atoms with Crippen molar-refractivity contribution in [3.63, 3.8) is 0 Å². The number of hydrogen-bond donors (Lipinski definition) is 2. The largest absolute Gasteiger partial charge is 0.437 e. The van der Waals surface area contributed by atoms with Crippen molar-refractivity contribution < 1.29 is 4.74 Å². The molecule has 0 amide bonds. The summed E-state index contributed by atoms with van der Waals surface area (Å²) >= 11 is 6.07. The van der Waals surface area contributed by atoms with Crippen LogP contribution < -0.4 is 10.5 Å². The first-order valence-electron chi connectivity index (χ1n) is 5.73. The summed E-state index contributed by atoms with van der Waals surface area (Å²) in [4.78, 5) is 4.25. The summed E-state index contributed by atoms with van der Waals surface area (Å²) < 4.78 is 5.67. The molecule has 0 saturated heterocycles. The molecule has 98 valence electrons. The predicted octanol–water partition coefficient (Wildman–Crippen LogP) is 3.43. The molecular formula is C14H14ClN3O. The Morgan fingerprint density at radius 2 is 2.00 bits per heavy atom. The third-order valence-corrected chi connectivity index (χ3v) is 2.85. The van der Waals surface area contributed by atoms with E-state index in [1.54, 1.807) is 18.2 Å². The first-order valence-corrected chi connectivity index (χ1v) is 6.10. The molecule has 2 aromatic rings. The van der Waals surface area contributed by atoms with E-state index >= 15 is 0 Å². The van der Waals surface area contributed by atoms with Crippen molar-refractivity contribution in [1.82, 2.24) is 4.98 Å². The van der Waals surface area contributed by atoms with E-state index in [0.717, 1.165) is 11.3 Å². The maximum absolute atomic E-state index is 7.45. The summed E-state index contributed by atoms with van der Waals surface area (Å²) in [5, 5.41) is 7.97. The number of halogens is 1. The van der Waals surface area contributed by atoms with Gasteiger partial charge >= 0.3 is 0 Å². The molecule has 0 aliphatic carbocycles. The maximum atomic E-state index is 7.45. The molecule has 4 nitrogen and oxygen atoms in total. The highest BCUT2D eigenvalue weighted by molar-refractivity contribution is 6.32. The highest BCUT2D eigenvalue weighted by atomic mass is 35.5. The molecule has 1 aromatic heterocycles. The Morgan fingerprint density at radius 1 is 1.26 bits per heavy atom. The quantitative estimate of drug-likeness (QED) is 0.666. The van der Waals surface area contributed by atoms with E-state index < -0.39 is 0 Å². The van der Waals surface area contributed by atoms with E-state index in [-0.39, 0.29) is 5.84 Å². The molecule has 2 rings (SSSR count). The van der Waals surface area contributed by atoms with Gasteiger partial charge < -0.3 is 10.5 Å². The zero-order valence-electron chi connectivity index (χ0n) is 10.7. The summed E-state index contributed by atoms with van der Waals surface area (Å²) in [6, 6.07) is 8.86. The van der Waals surface area contributed by atoms with Gasteiger partial charge in [0.25, 0.3) is 0 Å². The van der Waals surface area contributed by atoms with Crippen LogP contribution in [-0.4, -0.2) is 10.8 Å². The molecular weight excluding hydrogens is 262 g/mol. The lowest BCUT2D eigenvalue weighted by Gasteiger charge is -2.09. The van der Waals surface area contributed by atoms with Gasteiger partial charge in [-0.25, -0.2) is 4.98 Å². The predicted molar refractivity (Wildman–Crippen MR) is 76.3 cm³/mol. The van der Waals surface area contributed by atoms with Gasteiger partial charge in [-0.05, 0) is 37.6 Å². The minimum atomic E-state index is -0.0225. The standard InChI is InChI=1S/C14H14ClN3O/c1-8-3-4-11(15)12(5-8)19-13-7-10(14(16)17)6-9(2)18-13/h3-7H,1-2H3,(H3,16,17). The van der Waals surface area contributed by atoms with E-state index in [9.17, 15) is 0 Å². The second kappa shape index (κ2) is 5.28. The summed E-state index contributed by atoms with van der Waals surface area (Å²) in [6.07, 6.45) is 0. The van der Waals surface area contributed by atoms with Crippen molar-refractivity contribution in [2.75, 3.05) is 0 Å². The van der Waals surface area contributed by atoms with Gasteiger partial charge in [-0.3, -0.25) is 5.41 Å². The third kappa shape index (κ3) is 3.23. The Hall–Kier alpha value is -2.07. The lowest BCUT2D eigenvalue weighted by molar-refractivity contribution is 0.461. The van der Waals surface area contributed by atoms with Crippen molar-refractivity contribution in [2.45, 2.75) is 13.8 Å². The van der Waals surface area contributed by atoms with Gasteiger partial charge in [0, 0.05) is 17.3 Å². The fourth-order valence-corrected chi connectivity index (χ4v) is 1.80. The lowest BCUT2D eigenvalue weighted by atomic mass is 10.2. The summed E-state index contributed by atoms with van der Waals surface area (Å²) in [6.45, 7) is 3.77. The van der Waals surface area contributed by atoms with E-state index in [0.29, 0.717) is 22.2 Å². The summed E-state index contributed by atoms with van der Waals surface area (Å²) in [5.41, 5.74) is 7.82. The molecule has 0 aliphatic heterocycles. The number of benzene rings is 1. The number of aryl methyl sites for hydroxylation is 2. The van der Waals surface area contributed by atoms with Gasteiger partial charge in [0.1, 0.15) is 11.6 Å². The maximum Gasteiger partial charge on any atom is 0.220 e. The number of ether oxygens (including phenoxy) is 1. The topological polar surface area (TPSA) is 72.0 Å². The second-order valence-corrected chi connectivity index (χ2v) is 4.69. The van der Waals surface area contributed by atoms with Crippen LogP contribution in [0.5, 0.6) is 11.6 Å². The molecule has 0 unspecified atom stereocenters. The van der Waals surface area contributed by atoms with Gasteiger partial charge in [0.05, 0.1) is 5.02 Å². The molecule has 1 aromatic carbocycles. The monoisotopic (exact) mass is 275 g/mol. The molecule has 0 spiro atoms. The van der Waals surface area contributed by atoms with Crippen LogP contribution in [0.25, 0.3) is 0 Å². The Bertz CT molecular complexity index is 641. The molecule has 0 atom stereocenters. The van der Waals surface area contributed by atoms with Crippen molar-refractivity contribution in [1.29, 1.82) is 5.41 Å². The Morgan fingerprint density at radius 3 is 2.68 bits per heavy atom. The smallest absolute Gasteiger partial charge is 0.220 e. The minimum Gasteiger partial charge on any atom is -0.437 e. The van der Waals surface area contributed by atoms with Crippen LogP contribution in [0, 0.1) is 19.3 Å². The number of rotatable bonds is 3. The van der Waals surface area contributed by atoms with Crippen LogP contribution in [0.2, 0.25) is 5.02 Å². The number of hydrogen-bond acceptors (Lipinski definition) is 3. The SMILES string of the molecule is Cc1ccc(Cl)c(Oc2cc(C(=N)N)cc(C)n2)c1. The number of nitrogens with one attached hydrogen (secondary N) is 1. The molecule has 3 N–H and O–H groups in total. The average Bonchev–Trinajstić information content (AvgIpc) is 2.33. The van der Waals surface area contributed by atoms with Crippen LogP contribution in [0.4, 0.5) is 0 Å². The Labute approximate surface area is 116 Å². The fraction of sp³-hybridized carbons (Fsp3) is 0.143. The second-order valence-electron chi connectivity index (χ2n) is 4.29. The zero-order valence-corrected chi connectivity index (χ0v) is 11.5.